The zero-order chi connectivity index (χ0) is 14.0. The molecule has 1 aliphatic rings. The standard InChI is InChI=1S/C15H15FO3/c1-3-8-19-14(18)13-9-11-6-4-5-7-12(11)15(13,16)10(2)17/h4-7,9H,3,8H2,1-2H3. The Kier molecular flexibility index (Phi) is 3.51. The van der Waals surface area contributed by atoms with Gasteiger partial charge in [0.2, 0.25) is 5.67 Å². The second kappa shape index (κ2) is 4.96. The van der Waals surface area contributed by atoms with E-state index < -0.39 is 17.4 Å². The van der Waals surface area contributed by atoms with Crippen molar-refractivity contribution in [3.63, 3.8) is 0 Å². The Balaban J connectivity index is 2.45. The summed E-state index contributed by atoms with van der Waals surface area (Å²) < 4.78 is 20.0. The maximum atomic E-state index is 15.1. The minimum Gasteiger partial charge on any atom is -0.462 e. The normalized spacial score (nSPS) is 20.7. The molecule has 2 rings (SSSR count). The lowest BCUT2D eigenvalue weighted by atomic mass is 9.88. The van der Waals surface area contributed by atoms with Crippen molar-refractivity contribution in [1.29, 1.82) is 0 Å². The Morgan fingerprint density at radius 1 is 1.32 bits per heavy atom. The number of esters is 1. The van der Waals surface area contributed by atoms with E-state index in [9.17, 15) is 9.59 Å². The van der Waals surface area contributed by atoms with E-state index in [4.69, 9.17) is 4.74 Å². The summed E-state index contributed by atoms with van der Waals surface area (Å²) in [6.07, 6.45) is 2.04. The molecule has 0 heterocycles. The molecule has 1 aliphatic carbocycles. The fourth-order valence-corrected chi connectivity index (χ4v) is 2.19. The number of rotatable bonds is 4. The highest BCUT2D eigenvalue weighted by molar-refractivity contribution is 6.09. The third-order valence-corrected chi connectivity index (χ3v) is 3.15. The molecule has 19 heavy (non-hydrogen) atoms. The fourth-order valence-electron chi connectivity index (χ4n) is 2.19. The van der Waals surface area contributed by atoms with Crippen molar-refractivity contribution in [2.24, 2.45) is 0 Å². The number of fused-ring (bicyclic) bond motifs is 1. The summed E-state index contributed by atoms with van der Waals surface area (Å²) in [5.41, 5.74) is -1.86. The number of carbonyl (C=O) groups excluding carboxylic acids is 2. The minimum absolute atomic E-state index is 0.209. The highest BCUT2D eigenvalue weighted by atomic mass is 19.1. The van der Waals surface area contributed by atoms with Crippen LogP contribution in [0.15, 0.2) is 29.8 Å². The van der Waals surface area contributed by atoms with Gasteiger partial charge in [0.25, 0.3) is 0 Å². The van der Waals surface area contributed by atoms with E-state index in [1.165, 1.54) is 12.1 Å². The maximum Gasteiger partial charge on any atom is 0.338 e. The number of ether oxygens (including phenoxy) is 1. The van der Waals surface area contributed by atoms with Gasteiger partial charge in [0.1, 0.15) is 0 Å². The van der Waals surface area contributed by atoms with Gasteiger partial charge in [-0.15, -0.1) is 0 Å². The van der Waals surface area contributed by atoms with E-state index in [0.29, 0.717) is 12.0 Å². The predicted octanol–water partition coefficient (Wildman–Crippen LogP) is 2.79. The second-order valence-corrected chi connectivity index (χ2v) is 4.50. The minimum atomic E-state index is -2.39. The first-order valence-corrected chi connectivity index (χ1v) is 6.20. The Hall–Kier alpha value is -1.97. The summed E-state index contributed by atoms with van der Waals surface area (Å²) in [5, 5.41) is 0. The van der Waals surface area contributed by atoms with Crippen LogP contribution in [0.2, 0.25) is 0 Å². The van der Waals surface area contributed by atoms with Gasteiger partial charge in [-0.05, 0) is 25.0 Å². The lowest BCUT2D eigenvalue weighted by Gasteiger charge is -2.21. The highest BCUT2D eigenvalue weighted by Gasteiger charge is 2.50. The summed E-state index contributed by atoms with van der Waals surface area (Å²) in [4.78, 5) is 23.6. The monoisotopic (exact) mass is 262 g/mol. The molecule has 0 spiro atoms. The van der Waals surface area contributed by atoms with E-state index in [-0.39, 0.29) is 17.7 Å². The Morgan fingerprint density at radius 2 is 2.00 bits per heavy atom. The van der Waals surface area contributed by atoms with Gasteiger partial charge >= 0.3 is 5.97 Å². The quantitative estimate of drug-likeness (QED) is 0.784. The molecule has 100 valence electrons. The summed E-state index contributed by atoms with van der Waals surface area (Å²) >= 11 is 0. The van der Waals surface area contributed by atoms with Crippen molar-refractivity contribution in [3.8, 4) is 0 Å². The third-order valence-electron chi connectivity index (χ3n) is 3.15. The summed E-state index contributed by atoms with van der Waals surface area (Å²) in [6, 6.07) is 6.57. The number of carbonyl (C=O) groups is 2. The first-order valence-electron chi connectivity index (χ1n) is 6.20. The molecular formula is C15H15FO3. The first kappa shape index (κ1) is 13.5. The Labute approximate surface area is 111 Å². The van der Waals surface area contributed by atoms with Crippen molar-refractivity contribution in [1.82, 2.24) is 0 Å². The predicted molar refractivity (Wildman–Crippen MR) is 69.1 cm³/mol. The van der Waals surface area contributed by atoms with Gasteiger partial charge in [-0.3, -0.25) is 4.79 Å². The average Bonchev–Trinajstić information content (AvgIpc) is 2.71. The zero-order valence-electron chi connectivity index (χ0n) is 10.9. The lowest BCUT2D eigenvalue weighted by molar-refractivity contribution is -0.143. The Morgan fingerprint density at radius 3 is 2.63 bits per heavy atom. The molecule has 0 saturated carbocycles. The van der Waals surface area contributed by atoms with Crippen LogP contribution in [0.4, 0.5) is 4.39 Å². The second-order valence-electron chi connectivity index (χ2n) is 4.50. The molecule has 3 nitrogen and oxygen atoms in total. The summed E-state index contributed by atoms with van der Waals surface area (Å²) in [7, 11) is 0. The van der Waals surface area contributed by atoms with Crippen molar-refractivity contribution in [3.05, 3.63) is 41.0 Å². The summed E-state index contributed by atoms with van der Waals surface area (Å²) in [6.45, 7) is 3.20. The van der Waals surface area contributed by atoms with Crippen molar-refractivity contribution in [2.75, 3.05) is 6.61 Å². The molecular weight excluding hydrogens is 247 g/mol. The average molecular weight is 262 g/mol. The molecule has 0 fully saturated rings. The van der Waals surface area contributed by atoms with Crippen LogP contribution in [0.1, 0.15) is 31.4 Å². The smallest absolute Gasteiger partial charge is 0.338 e. The molecule has 1 aromatic carbocycles. The molecule has 0 radical (unpaired) electrons. The zero-order valence-corrected chi connectivity index (χ0v) is 10.9. The lowest BCUT2D eigenvalue weighted by Crippen LogP contribution is -2.33. The Bertz CT molecular complexity index is 562. The van der Waals surface area contributed by atoms with Crippen molar-refractivity contribution < 1.29 is 18.7 Å². The van der Waals surface area contributed by atoms with Gasteiger partial charge in [-0.25, -0.2) is 9.18 Å². The number of Topliss-reactive ketones (excluding diaryl/α,β-unsaturated/α-hetero) is 1. The van der Waals surface area contributed by atoms with Gasteiger partial charge in [-0.1, -0.05) is 31.2 Å². The molecule has 4 heteroatoms. The number of alkyl halides is 1. The molecule has 0 aliphatic heterocycles. The highest BCUT2D eigenvalue weighted by Crippen LogP contribution is 2.44. The van der Waals surface area contributed by atoms with Gasteiger partial charge in [0, 0.05) is 5.56 Å². The third kappa shape index (κ3) is 2.07. The van der Waals surface area contributed by atoms with Crippen LogP contribution < -0.4 is 0 Å². The number of hydrogen-bond donors (Lipinski definition) is 0. The molecule has 0 amide bonds. The molecule has 0 N–H and O–H groups in total. The van der Waals surface area contributed by atoms with Gasteiger partial charge in [0.15, 0.2) is 5.78 Å². The van der Waals surface area contributed by atoms with Gasteiger partial charge in [0.05, 0.1) is 12.2 Å². The van der Waals surface area contributed by atoms with Crippen LogP contribution in [0.3, 0.4) is 0 Å². The van der Waals surface area contributed by atoms with E-state index in [0.717, 1.165) is 6.92 Å². The van der Waals surface area contributed by atoms with E-state index in [1.807, 2.05) is 6.92 Å². The van der Waals surface area contributed by atoms with Crippen molar-refractivity contribution >= 4 is 17.8 Å². The number of benzene rings is 1. The van der Waals surface area contributed by atoms with Crippen LogP contribution in [0.5, 0.6) is 0 Å². The molecule has 1 aromatic rings. The number of hydrogen-bond acceptors (Lipinski definition) is 3. The maximum absolute atomic E-state index is 15.1. The fraction of sp³-hybridized carbons (Fsp3) is 0.333. The van der Waals surface area contributed by atoms with E-state index in [1.54, 1.807) is 18.2 Å². The van der Waals surface area contributed by atoms with E-state index in [2.05, 4.69) is 0 Å². The SMILES string of the molecule is CCCOC(=O)C1=Cc2ccccc2C1(F)C(C)=O. The van der Waals surface area contributed by atoms with Crippen LogP contribution in [-0.2, 0) is 20.0 Å². The van der Waals surface area contributed by atoms with Crippen LogP contribution in [0.25, 0.3) is 6.08 Å². The molecule has 1 atom stereocenters. The van der Waals surface area contributed by atoms with Crippen molar-refractivity contribution in [2.45, 2.75) is 25.9 Å². The first-order chi connectivity index (χ1) is 9.01. The van der Waals surface area contributed by atoms with Gasteiger partial charge < -0.3 is 4.74 Å². The van der Waals surface area contributed by atoms with Crippen LogP contribution in [-0.4, -0.2) is 18.4 Å². The van der Waals surface area contributed by atoms with Gasteiger partial charge in [-0.2, -0.15) is 0 Å². The van der Waals surface area contributed by atoms with Crippen LogP contribution in [0, 0.1) is 0 Å². The summed E-state index contributed by atoms with van der Waals surface area (Å²) in [5.74, 6) is -1.48. The molecule has 0 aromatic heterocycles. The largest absolute Gasteiger partial charge is 0.462 e. The molecule has 0 bridgehead atoms. The van der Waals surface area contributed by atoms with Crippen LogP contribution >= 0.6 is 0 Å². The topological polar surface area (TPSA) is 43.4 Å². The molecule has 1 unspecified atom stereocenters. The van der Waals surface area contributed by atoms with E-state index >= 15 is 4.39 Å². The number of halogens is 1. The molecule has 0 saturated heterocycles. The number of ketones is 1.